The lowest BCUT2D eigenvalue weighted by Gasteiger charge is -2.34. The molecule has 1 aromatic rings. The molecule has 0 bridgehead atoms. The second-order valence-corrected chi connectivity index (χ2v) is 7.53. The fraction of sp³-hybridized carbons (Fsp3) is 0.714. The molecule has 0 spiro atoms. The number of nitrogens with one attached hydrogen (secondary N) is 2. The van der Waals surface area contributed by atoms with Gasteiger partial charge in [-0.2, -0.15) is 0 Å². The van der Waals surface area contributed by atoms with Crippen molar-refractivity contribution in [2.45, 2.75) is 50.4 Å². The monoisotopic (exact) mass is 315 g/mol. The second kappa shape index (κ2) is 6.91. The van der Waals surface area contributed by atoms with Gasteiger partial charge in [-0.3, -0.25) is 0 Å². The first-order valence-electron chi connectivity index (χ1n) is 7.42. The molecule has 1 fully saturated rings. The molecule has 0 atom stereocenters. The van der Waals surface area contributed by atoms with Gasteiger partial charge in [-0.15, -0.1) is 0 Å². The number of sulfonamides is 1. The van der Waals surface area contributed by atoms with Gasteiger partial charge < -0.3 is 14.6 Å². The maximum atomic E-state index is 11.6. The summed E-state index contributed by atoms with van der Waals surface area (Å²) in [5.74, 6) is 0.648. The Labute approximate surface area is 126 Å². The number of likely N-dealkylation sites (tertiary alicyclic amines) is 1. The van der Waals surface area contributed by atoms with Gasteiger partial charge in [-0.05, 0) is 59.0 Å². The molecule has 0 unspecified atom stereocenters. The van der Waals surface area contributed by atoms with Gasteiger partial charge in [-0.25, -0.2) is 13.1 Å². The zero-order chi connectivity index (χ0) is 15.5. The highest BCUT2D eigenvalue weighted by Gasteiger charge is 2.21. The molecule has 2 heterocycles. The van der Waals surface area contributed by atoms with Crippen LogP contribution in [0.15, 0.2) is 21.6 Å². The van der Waals surface area contributed by atoms with Crippen LogP contribution in [0.2, 0.25) is 0 Å². The summed E-state index contributed by atoms with van der Waals surface area (Å²) >= 11 is 0. The highest BCUT2D eigenvalue weighted by Crippen LogP contribution is 2.16. The zero-order valence-corrected chi connectivity index (χ0v) is 13.7. The molecule has 2 rings (SSSR count). The second-order valence-electron chi connectivity index (χ2n) is 5.71. The number of hydrogen-bond donors (Lipinski definition) is 2. The first-order valence-corrected chi connectivity index (χ1v) is 8.90. The van der Waals surface area contributed by atoms with E-state index in [1.54, 1.807) is 6.07 Å². The number of furan rings is 1. The van der Waals surface area contributed by atoms with Crippen LogP contribution < -0.4 is 10.0 Å². The minimum atomic E-state index is -3.49. The van der Waals surface area contributed by atoms with Gasteiger partial charge in [0, 0.05) is 12.1 Å². The maximum Gasteiger partial charge on any atom is 0.273 e. The van der Waals surface area contributed by atoms with E-state index in [9.17, 15) is 8.42 Å². The summed E-state index contributed by atoms with van der Waals surface area (Å²) in [5.41, 5.74) is 0. The average Bonchev–Trinajstić information content (AvgIpc) is 2.95. The fourth-order valence-electron chi connectivity index (χ4n) is 2.56. The van der Waals surface area contributed by atoms with Crippen molar-refractivity contribution in [1.29, 1.82) is 0 Å². The predicted octanol–water partition coefficient (Wildman–Crippen LogP) is 1.15. The van der Waals surface area contributed by atoms with Crippen molar-refractivity contribution >= 4 is 10.0 Å². The van der Waals surface area contributed by atoms with Crippen LogP contribution in [-0.2, 0) is 16.6 Å². The molecule has 1 aromatic heterocycles. The van der Waals surface area contributed by atoms with E-state index in [1.165, 1.54) is 13.1 Å². The van der Waals surface area contributed by atoms with E-state index in [2.05, 4.69) is 28.8 Å². The first-order chi connectivity index (χ1) is 9.92. The molecule has 21 heavy (non-hydrogen) atoms. The molecule has 6 nitrogen and oxygen atoms in total. The summed E-state index contributed by atoms with van der Waals surface area (Å²) in [6.45, 7) is 7.21. The molecule has 7 heteroatoms. The number of piperidine rings is 1. The summed E-state index contributed by atoms with van der Waals surface area (Å²) in [6, 6.07) is 4.27. The summed E-state index contributed by atoms with van der Waals surface area (Å²) in [7, 11) is -2.12. The van der Waals surface area contributed by atoms with Gasteiger partial charge in [0.05, 0.1) is 6.54 Å². The third kappa shape index (κ3) is 4.29. The van der Waals surface area contributed by atoms with E-state index < -0.39 is 10.0 Å². The van der Waals surface area contributed by atoms with Crippen LogP contribution in [0.5, 0.6) is 0 Å². The standard InChI is InChI=1S/C14H25N3O3S/c1-11(2)17-8-6-12(7-9-17)16-10-13-4-5-14(20-13)21(18,19)15-3/h4-5,11-12,15-16H,6-10H2,1-3H3. The van der Waals surface area contributed by atoms with Crippen LogP contribution in [0.1, 0.15) is 32.4 Å². The van der Waals surface area contributed by atoms with E-state index >= 15 is 0 Å². The Morgan fingerprint density at radius 3 is 2.57 bits per heavy atom. The third-order valence-corrected chi connectivity index (χ3v) is 5.28. The number of rotatable bonds is 6. The summed E-state index contributed by atoms with van der Waals surface area (Å²) in [4.78, 5) is 2.47. The maximum absolute atomic E-state index is 11.6. The average molecular weight is 315 g/mol. The Hall–Kier alpha value is -0.890. The molecule has 120 valence electrons. The smallest absolute Gasteiger partial charge is 0.273 e. The van der Waals surface area contributed by atoms with E-state index in [0.29, 0.717) is 24.4 Å². The normalized spacial score (nSPS) is 18.5. The Kier molecular flexibility index (Phi) is 5.43. The lowest BCUT2D eigenvalue weighted by Crippen LogP contribution is -2.44. The Morgan fingerprint density at radius 1 is 1.33 bits per heavy atom. The molecule has 0 aliphatic carbocycles. The molecule has 1 saturated heterocycles. The van der Waals surface area contributed by atoms with Crippen molar-refractivity contribution in [3.8, 4) is 0 Å². The number of nitrogens with zero attached hydrogens (tertiary/aromatic N) is 1. The SMILES string of the molecule is CNS(=O)(=O)c1ccc(CNC2CCN(C(C)C)CC2)o1. The third-order valence-electron chi connectivity index (χ3n) is 4.00. The molecule has 1 aliphatic rings. The van der Waals surface area contributed by atoms with E-state index in [-0.39, 0.29) is 5.09 Å². The van der Waals surface area contributed by atoms with Gasteiger partial charge in [0.1, 0.15) is 5.76 Å². The summed E-state index contributed by atoms with van der Waals surface area (Å²) < 4.78 is 30.8. The van der Waals surface area contributed by atoms with Crippen LogP contribution in [-0.4, -0.2) is 45.5 Å². The molecule has 0 amide bonds. The summed E-state index contributed by atoms with van der Waals surface area (Å²) in [6.07, 6.45) is 2.22. The van der Waals surface area contributed by atoms with Crippen molar-refractivity contribution in [2.75, 3.05) is 20.1 Å². The Morgan fingerprint density at radius 2 is 2.00 bits per heavy atom. The van der Waals surface area contributed by atoms with E-state index in [4.69, 9.17) is 4.42 Å². The lowest BCUT2D eigenvalue weighted by atomic mass is 10.0. The van der Waals surface area contributed by atoms with Crippen molar-refractivity contribution in [3.63, 3.8) is 0 Å². The lowest BCUT2D eigenvalue weighted by molar-refractivity contribution is 0.159. The van der Waals surface area contributed by atoms with E-state index in [1.807, 2.05) is 0 Å². The van der Waals surface area contributed by atoms with Crippen LogP contribution in [0.25, 0.3) is 0 Å². The Balaban J connectivity index is 1.82. The molecule has 0 aromatic carbocycles. The highest BCUT2D eigenvalue weighted by atomic mass is 32.2. The van der Waals surface area contributed by atoms with Crippen LogP contribution in [0.3, 0.4) is 0 Å². The van der Waals surface area contributed by atoms with Crippen molar-refractivity contribution < 1.29 is 12.8 Å². The highest BCUT2D eigenvalue weighted by molar-refractivity contribution is 7.89. The molecule has 0 radical (unpaired) electrons. The van der Waals surface area contributed by atoms with Gasteiger partial charge in [0.2, 0.25) is 5.09 Å². The van der Waals surface area contributed by atoms with Crippen LogP contribution in [0, 0.1) is 0 Å². The van der Waals surface area contributed by atoms with E-state index in [0.717, 1.165) is 25.9 Å². The van der Waals surface area contributed by atoms with Crippen molar-refractivity contribution in [2.24, 2.45) is 0 Å². The zero-order valence-electron chi connectivity index (χ0n) is 12.9. The molecular formula is C14H25N3O3S. The Bertz CT molecular complexity index is 546. The first kappa shape index (κ1) is 16.5. The van der Waals surface area contributed by atoms with Gasteiger partial charge >= 0.3 is 0 Å². The summed E-state index contributed by atoms with van der Waals surface area (Å²) in [5, 5.41) is 3.41. The van der Waals surface area contributed by atoms with Crippen LogP contribution >= 0.6 is 0 Å². The molecule has 0 saturated carbocycles. The van der Waals surface area contributed by atoms with Crippen molar-refractivity contribution in [1.82, 2.24) is 14.9 Å². The van der Waals surface area contributed by atoms with Gasteiger partial charge in [0.25, 0.3) is 10.0 Å². The minimum absolute atomic E-state index is 0.0311. The largest absolute Gasteiger partial charge is 0.447 e. The number of hydrogen-bond acceptors (Lipinski definition) is 5. The van der Waals surface area contributed by atoms with Crippen molar-refractivity contribution in [3.05, 3.63) is 17.9 Å². The molecule has 1 aliphatic heterocycles. The van der Waals surface area contributed by atoms with Gasteiger partial charge in [0.15, 0.2) is 0 Å². The van der Waals surface area contributed by atoms with Gasteiger partial charge in [-0.1, -0.05) is 0 Å². The minimum Gasteiger partial charge on any atom is -0.447 e. The predicted molar refractivity (Wildman–Crippen MR) is 81.5 cm³/mol. The quantitative estimate of drug-likeness (QED) is 0.824. The topological polar surface area (TPSA) is 74.6 Å². The fourth-order valence-corrected chi connectivity index (χ4v) is 3.23. The molecular weight excluding hydrogens is 290 g/mol. The van der Waals surface area contributed by atoms with Crippen LogP contribution in [0.4, 0.5) is 0 Å². The molecule has 2 N–H and O–H groups in total.